The number of aryl methyl sites for hydroxylation is 1. The summed E-state index contributed by atoms with van der Waals surface area (Å²) < 4.78 is 20.2. The summed E-state index contributed by atoms with van der Waals surface area (Å²) in [6.45, 7) is 2.22. The highest BCUT2D eigenvalue weighted by atomic mass is 19.1. The normalized spacial score (nSPS) is 22.8. The molecule has 2 aliphatic rings. The van der Waals surface area contributed by atoms with Gasteiger partial charge >= 0.3 is 5.69 Å². The van der Waals surface area contributed by atoms with Crippen molar-refractivity contribution in [2.24, 2.45) is 0 Å². The molecule has 0 spiro atoms. The fraction of sp³-hybridized carbons (Fsp3) is 0.412. The summed E-state index contributed by atoms with van der Waals surface area (Å²) in [6, 6.07) is 5.89. The summed E-state index contributed by atoms with van der Waals surface area (Å²) in [5.74, 6) is 0.848. The van der Waals surface area contributed by atoms with Gasteiger partial charge in [-0.15, -0.1) is 0 Å². The molecule has 22 heavy (non-hydrogen) atoms. The van der Waals surface area contributed by atoms with E-state index in [4.69, 9.17) is 4.74 Å². The van der Waals surface area contributed by atoms with E-state index in [0.29, 0.717) is 30.8 Å². The van der Waals surface area contributed by atoms with E-state index in [1.807, 2.05) is 18.2 Å². The molecule has 1 N–H and O–H groups in total. The molecule has 1 aromatic heterocycles. The van der Waals surface area contributed by atoms with Crippen molar-refractivity contribution in [3.63, 3.8) is 0 Å². The molecular formula is C17H17FN2O2. The van der Waals surface area contributed by atoms with E-state index in [1.165, 1.54) is 12.5 Å². The van der Waals surface area contributed by atoms with Gasteiger partial charge in [-0.1, -0.05) is 12.1 Å². The third-order valence-electron chi connectivity index (χ3n) is 4.59. The number of hydrogen-bond acceptors (Lipinski definition) is 3. The van der Waals surface area contributed by atoms with Crippen molar-refractivity contribution < 1.29 is 9.13 Å². The standard InChI is InChI=1S/C17H17FN2O2/c1-17(18)7-6-12-14(19-16(21)20-15(12)17)11-5-4-10-3-2-8-22-13(10)9-11/h4-5,9H,2-3,6-8H2,1H3,(H,19,20,21). The number of rotatable bonds is 1. The number of H-pyrrole nitrogens is 1. The molecule has 114 valence electrons. The minimum absolute atomic E-state index is 0.373. The first kappa shape index (κ1) is 13.5. The molecule has 5 heteroatoms. The Bertz CT molecular complexity index is 811. The van der Waals surface area contributed by atoms with Crippen LogP contribution in [0.4, 0.5) is 4.39 Å². The molecule has 1 aromatic carbocycles. The minimum atomic E-state index is -1.49. The van der Waals surface area contributed by atoms with Crippen molar-refractivity contribution in [1.29, 1.82) is 0 Å². The van der Waals surface area contributed by atoms with Crippen molar-refractivity contribution in [2.45, 2.75) is 38.3 Å². The number of nitrogens with zero attached hydrogens (tertiary/aromatic N) is 1. The monoisotopic (exact) mass is 300 g/mol. The average Bonchev–Trinajstić information content (AvgIpc) is 2.81. The number of ether oxygens (including phenoxy) is 1. The Balaban J connectivity index is 1.89. The Morgan fingerprint density at radius 2 is 2.23 bits per heavy atom. The van der Waals surface area contributed by atoms with Gasteiger partial charge in [-0.25, -0.2) is 9.18 Å². The largest absolute Gasteiger partial charge is 0.493 e. The zero-order valence-electron chi connectivity index (χ0n) is 12.4. The van der Waals surface area contributed by atoms with Crippen molar-refractivity contribution in [3.8, 4) is 17.0 Å². The average molecular weight is 300 g/mol. The van der Waals surface area contributed by atoms with Crippen LogP contribution in [-0.4, -0.2) is 16.6 Å². The molecule has 2 aromatic rings. The Kier molecular flexibility index (Phi) is 2.86. The molecule has 1 aliphatic heterocycles. The Hall–Kier alpha value is -2.17. The number of benzene rings is 1. The van der Waals surface area contributed by atoms with Crippen LogP contribution in [0.5, 0.6) is 5.75 Å². The first-order chi connectivity index (χ1) is 10.5. The molecule has 1 atom stereocenters. The van der Waals surface area contributed by atoms with Crippen molar-refractivity contribution in [1.82, 2.24) is 9.97 Å². The highest BCUT2D eigenvalue weighted by Gasteiger charge is 2.37. The van der Waals surface area contributed by atoms with E-state index in [-0.39, 0.29) is 0 Å². The molecule has 0 bridgehead atoms. The van der Waals surface area contributed by atoms with Crippen LogP contribution in [0.25, 0.3) is 11.3 Å². The van der Waals surface area contributed by atoms with Crippen LogP contribution in [0, 0.1) is 0 Å². The fourth-order valence-electron chi connectivity index (χ4n) is 3.40. The minimum Gasteiger partial charge on any atom is -0.493 e. The maximum atomic E-state index is 14.5. The first-order valence-electron chi connectivity index (χ1n) is 7.63. The van der Waals surface area contributed by atoms with Crippen molar-refractivity contribution in [3.05, 3.63) is 45.5 Å². The number of fused-ring (bicyclic) bond motifs is 2. The van der Waals surface area contributed by atoms with E-state index < -0.39 is 11.4 Å². The van der Waals surface area contributed by atoms with Crippen LogP contribution in [0.2, 0.25) is 0 Å². The molecule has 0 saturated heterocycles. The van der Waals surface area contributed by atoms with Gasteiger partial charge in [0.25, 0.3) is 0 Å². The third-order valence-corrected chi connectivity index (χ3v) is 4.59. The van der Waals surface area contributed by atoms with Gasteiger partial charge in [0.2, 0.25) is 0 Å². The van der Waals surface area contributed by atoms with Gasteiger partial charge in [0, 0.05) is 11.1 Å². The zero-order valence-corrected chi connectivity index (χ0v) is 12.4. The van der Waals surface area contributed by atoms with Gasteiger partial charge in [-0.2, -0.15) is 4.98 Å². The summed E-state index contributed by atoms with van der Waals surface area (Å²) in [5.41, 5.74) is 1.76. The zero-order chi connectivity index (χ0) is 15.3. The topological polar surface area (TPSA) is 55.0 Å². The number of nitrogens with one attached hydrogen (secondary N) is 1. The molecule has 4 rings (SSSR count). The molecular weight excluding hydrogens is 283 g/mol. The molecule has 0 fully saturated rings. The molecule has 1 unspecified atom stereocenters. The lowest BCUT2D eigenvalue weighted by molar-refractivity contribution is 0.188. The van der Waals surface area contributed by atoms with Gasteiger partial charge in [-0.05, 0) is 44.2 Å². The van der Waals surface area contributed by atoms with E-state index >= 15 is 0 Å². The SMILES string of the molecule is CC1(F)CCc2c(-c3ccc4c(c3)OCCC4)nc(=O)[nH]c21. The molecule has 0 saturated carbocycles. The van der Waals surface area contributed by atoms with Gasteiger partial charge in [0.1, 0.15) is 11.4 Å². The van der Waals surface area contributed by atoms with Gasteiger partial charge in [-0.3, -0.25) is 0 Å². The van der Waals surface area contributed by atoms with E-state index in [0.717, 1.165) is 29.7 Å². The molecule has 1 aliphatic carbocycles. The van der Waals surface area contributed by atoms with Crippen LogP contribution in [0.15, 0.2) is 23.0 Å². The summed E-state index contributed by atoms with van der Waals surface area (Å²) in [7, 11) is 0. The number of aromatic nitrogens is 2. The van der Waals surface area contributed by atoms with E-state index in [2.05, 4.69) is 9.97 Å². The predicted molar refractivity (Wildman–Crippen MR) is 80.9 cm³/mol. The summed E-state index contributed by atoms with van der Waals surface area (Å²) in [5, 5.41) is 0. The maximum Gasteiger partial charge on any atom is 0.345 e. The number of aromatic amines is 1. The highest BCUT2D eigenvalue weighted by Crippen LogP contribution is 2.41. The lowest BCUT2D eigenvalue weighted by atomic mass is 9.99. The van der Waals surface area contributed by atoms with Gasteiger partial charge < -0.3 is 9.72 Å². The predicted octanol–water partition coefficient (Wildman–Crippen LogP) is 2.89. The van der Waals surface area contributed by atoms with Crippen molar-refractivity contribution in [2.75, 3.05) is 6.61 Å². The Labute approximate surface area is 127 Å². The van der Waals surface area contributed by atoms with E-state index in [9.17, 15) is 9.18 Å². The van der Waals surface area contributed by atoms with Gasteiger partial charge in [0.05, 0.1) is 18.0 Å². The molecule has 0 radical (unpaired) electrons. The summed E-state index contributed by atoms with van der Waals surface area (Å²) in [4.78, 5) is 18.5. The van der Waals surface area contributed by atoms with Crippen LogP contribution < -0.4 is 10.4 Å². The fourth-order valence-corrected chi connectivity index (χ4v) is 3.40. The van der Waals surface area contributed by atoms with E-state index in [1.54, 1.807) is 0 Å². The van der Waals surface area contributed by atoms with Gasteiger partial charge in [0.15, 0.2) is 0 Å². The number of hydrogen-bond donors (Lipinski definition) is 1. The summed E-state index contributed by atoms with van der Waals surface area (Å²) in [6.07, 6.45) is 2.97. The number of alkyl halides is 1. The Morgan fingerprint density at radius 1 is 1.36 bits per heavy atom. The first-order valence-corrected chi connectivity index (χ1v) is 7.63. The van der Waals surface area contributed by atoms with Crippen molar-refractivity contribution >= 4 is 0 Å². The second kappa shape index (κ2) is 4.66. The highest BCUT2D eigenvalue weighted by molar-refractivity contribution is 5.67. The molecule has 2 heterocycles. The van der Waals surface area contributed by atoms with Crippen LogP contribution in [0.1, 0.15) is 36.6 Å². The van der Waals surface area contributed by atoms with Crippen LogP contribution in [-0.2, 0) is 18.5 Å². The smallest absolute Gasteiger partial charge is 0.345 e. The quantitative estimate of drug-likeness (QED) is 0.881. The lowest BCUT2D eigenvalue weighted by Gasteiger charge is -2.18. The maximum absolute atomic E-state index is 14.5. The van der Waals surface area contributed by atoms with Crippen LogP contribution >= 0.6 is 0 Å². The number of halogens is 1. The van der Waals surface area contributed by atoms with Crippen LogP contribution in [0.3, 0.4) is 0 Å². The second-order valence-corrected chi connectivity index (χ2v) is 6.22. The molecule has 0 amide bonds. The summed E-state index contributed by atoms with van der Waals surface area (Å²) >= 11 is 0. The third kappa shape index (κ3) is 2.03. The Morgan fingerprint density at radius 3 is 3.09 bits per heavy atom. The second-order valence-electron chi connectivity index (χ2n) is 6.22. The molecule has 4 nitrogen and oxygen atoms in total. The lowest BCUT2D eigenvalue weighted by Crippen LogP contribution is -2.21.